The number of fused-ring (bicyclic) bond motifs is 1. The Morgan fingerprint density at radius 2 is 2.31 bits per heavy atom. The first-order chi connectivity index (χ1) is 6.24. The summed E-state index contributed by atoms with van der Waals surface area (Å²) in [6.07, 6.45) is 3.23. The maximum absolute atomic E-state index is 3.34. The monoisotopic (exact) mass is 178 g/mol. The van der Waals surface area contributed by atoms with Crippen LogP contribution in [0.1, 0.15) is 38.1 Å². The summed E-state index contributed by atoms with van der Waals surface area (Å²) >= 11 is 0. The molecule has 2 atom stereocenters. The van der Waals surface area contributed by atoms with Crippen LogP contribution in [-0.2, 0) is 6.42 Å². The second-order valence-corrected chi connectivity index (χ2v) is 3.97. The Kier molecular flexibility index (Phi) is 2.16. The largest absolute Gasteiger partial charge is 0.365 e. The molecule has 0 amide bonds. The van der Waals surface area contributed by atoms with Gasteiger partial charge >= 0.3 is 0 Å². The zero-order valence-electron chi connectivity index (χ0n) is 8.67. The van der Waals surface area contributed by atoms with Crippen LogP contribution in [0.4, 0.5) is 0 Å². The van der Waals surface area contributed by atoms with Crippen LogP contribution in [0.25, 0.3) is 0 Å². The average Bonchev–Trinajstić information content (AvgIpc) is 2.53. The molecule has 72 valence electrons. The molecule has 0 unspecified atom stereocenters. The van der Waals surface area contributed by atoms with E-state index in [9.17, 15) is 0 Å². The van der Waals surface area contributed by atoms with Crippen LogP contribution >= 0.6 is 0 Å². The number of hydrogen-bond acceptors (Lipinski definition) is 1. The summed E-state index contributed by atoms with van der Waals surface area (Å²) in [5.41, 5.74) is 2.92. The second-order valence-electron chi connectivity index (χ2n) is 3.97. The minimum atomic E-state index is 0.579. The number of likely N-dealkylation sites (N-methyl/N-ethyl adjacent to an activating group) is 1. The number of nitrogens with zero attached hydrogens (tertiary/aromatic N) is 1. The highest BCUT2D eigenvalue weighted by atomic mass is 15.2. The molecule has 0 aliphatic carbocycles. The van der Waals surface area contributed by atoms with E-state index in [4.69, 9.17) is 0 Å². The van der Waals surface area contributed by atoms with Crippen molar-refractivity contribution in [3.63, 3.8) is 0 Å². The molecule has 1 aromatic heterocycles. The summed E-state index contributed by atoms with van der Waals surface area (Å²) in [6, 6.07) is 3.47. The summed E-state index contributed by atoms with van der Waals surface area (Å²) in [5.74, 6) is 0. The molecule has 0 fully saturated rings. The van der Waals surface area contributed by atoms with Crippen molar-refractivity contribution >= 4 is 0 Å². The van der Waals surface area contributed by atoms with Gasteiger partial charge in [-0.3, -0.25) is 4.90 Å². The predicted molar refractivity (Wildman–Crippen MR) is 54.8 cm³/mol. The zero-order chi connectivity index (χ0) is 9.42. The van der Waals surface area contributed by atoms with Crippen LogP contribution in [-0.4, -0.2) is 22.5 Å². The zero-order valence-corrected chi connectivity index (χ0v) is 8.67. The summed E-state index contributed by atoms with van der Waals surface area (Å²) in [7, 11) is 0. The predicted octanol–water partition coefficient (Wildman–Crippen LogP) is 2.34. The molecule has 0 aromatic carbocycles. The van der Waals surface area contributed by atoms with E-state index in [0.717, 1.165) is 6.54 Å². The molecule has 13 heavy (non-hydrogen) atoms. The fraction of sp³-hybridized carbons (Fsp3) is 0.636. The maximum Gasteiger partial charge on any atom is 0.0340 e. The van der Waals surface area contributed by atoms with Gasteiger partial charge in [-0.15, -0.1) is 0 Å². The van der Waals surface area contributed by atoms with Gasteiger partial charge in [0.2, 0.25) is 0 Å². The van der Waals surface area contributed by atoms with Gasteiger partial charge in [0.15, 0.2) is 0 Å². The minimum absolute atomic E-state index is 0.579. The molecule has 1 aliphatic rings. The Morgan fingerprint density at radius 1 is 1.54 bits per heavy atom. The van der Waals surface area contributed by atoms with Gasteiger partial charge in [-0.2, -0.15) is 0 Å². The first-order valence-corrected chi connectivity index (χ1v) is 5.16. The van der Waals surface area contributed by atoms with Crippen LogP contribution in [0.3, 0.4) is 0 Å². The lowest BCUT2D eigenvalue weighted by Gasteiger charge is -2.38. The third-order valence-corrected chi connectivity index (χ3v) is 3.25. The maximum atomic E-state index is 3.34. The fourth-order valence-electron chi connectivity index (χ4n) is 2.54. The van der Waals surface area contributed by atoms with Gasteiger partial charge in [0.25, 0.3) is 0 Å². The molecule has 1 N–H and O–H groups in total. The molecule has 0 radical (unpaired) electrons. The van der Waals surface area contributed by atoms with E-state index in [1.54, 1.807) is 0 Å². The molecular weight excluding hydrogens is 160 g/mol. The van der Waals surface area contributed by atoms with Crippen molar-refractivity contribution in [3.05, 3.63) is 23.5 Å². The molecule has 2 heteroatoms. The quantitative estimate of drug-likeness (QED) is 0.699. The molecule has 0 saturated carbocycles. The highest BCUT2D eigenvalue weighted by Crippen LogP contribution is 2.31. The van der Waals surface area contributed by atoms with Crippen LogP contribution < -0.4 is 0 Å². The van der Waals surface area contributed by atoms with Crippen LogP contribution in [0, 0.1) is 0 Å². The topological polar surface area (TPSA) is 19.0 Å². The van der Waals surface area contributed by atoms with Crippen molar-refractivity contribution in [3.8, 4) is 0 Å². The minimum Gasteiger partial charge on any atom is -0.365 e. The van der Waals surface area contributed by atoms with Gasteiger partial charge in [0, 0.05) is 30.4 Å². The lowest BCUT2D eigenvalue weighted by molar-refractivity contribution is 0.146. The number of aromatic nitrogens is 1. The van der Waals surface area contributed by atoms with E-state index >= 15 is 0 Å². The third-order valence-electron chi connectivity index (χ3n) is 3.25. The first-order valence-electron chi connectivity index (χ1n) is 5.16. The highest BCUT2D eigenvalue weighted by Gasteiger charge is 2.28. The van der Waals surface area contributed by atoms with Crippen molar-refractivity contribution in [1.82, 2.24) is 9.88 Å². The molecule has 1 aromatic rings. The first kappa shape index (κ1) is 8.82. The molecule has 0 saturated heterocycles. The van der Waals surface area contributed by atoms with Gasteiger partial charge in [0.1, 0.15) is 0 Å². The summed E-state index contributed by atoms with van der Waals surface area (Å²) < 4.78 is 0. The van der Waals surface area contributed by atoms with Crippen molar-refractivity contribution in [2.75, 3.05) is 6.54 Å². The molecule has 0 bridgehead atoms. The summed E-state index contributed by atoms with van der Waals surface area (Å²) in [4.78, 5) is 5.89. The van der Waals surface area contributed by atoms with E-state index < -0.39 is 0 Å². The van der Waals surface area contributed by atoms with Crippen molar-refractivity contribution in [2.45, 2.75) is 39.3 Å². The van der Waals surface area contributed by atoms with Crippen molar-refractivity contribution in [1.29, 1.82) is 0 Å². The van der Waals surface area contributed by atoms with E-state index in [-0.39, 0.29) is 0 Å². The number of rotatable bonds is 1. The Hall–Kier alpha value is -0.760. The van der Waals surface area contributed by atoms with Gasteiger partial charge in [-0.25, -0.2) is 0 Å². The van der Waals surface area contributed by atoms with Gasteiger partial charge < -0.3 is 4.98 Å². The smallest absolute Gasteiger partial charge is 0.0340 e. The van der Waals surface area contributed by atoms with E-state index in [1.165, 1.54) is 17.7 Å². The molecule has 2 heterocycles. The normalized spacial score (nSPS) is 28.8. The van der Waals surface area contributed by atoms with Crippen molar-refractivity contribution in [2.24, 2.45) is 0 Å². The fourth-order valence-corrected chi connectivity index (χ4v) is 2.54. The van der Waals surface area contributed by atoms with Crippen LogP contribution in [0.2, 0.25) is 0 Å². The van der Waals surface area contributed by atoms with Crippen LogP contribution in [0.5, 0.6) is 0 Å². The average molecular weight is 178 g/mol. The third kappa shape index (κ3) is 1.29. The number of nitrogens with one attached hydrogen (secondary N) is 1. The van der Waals surface area contributed by atoms with E-state index in [0.29, 0.717) is 12.1 Å². The lowest BCUT2D eigenvalue weighted by Crippen LogP contribution is -2.40. The number of H-pyrrole nitrogens is 1. The van der Waals surface area contributed by atoms with E-state index in [2.05, 4.69) is 42.9 Å². The molecule has 1 aliphatic heterocycles. The Bertz CT molecular complexity index is 290. The highest BCUT2D eigenvalue weighted by molar-refractivity contribution is 5.27. The summed E-state index contributed by atoms with van der Waals surface area (Å²) in [5, 5.41) is 0. The van der Waals surface area contributed by atoms with Gasteiger partial charge in [-0.1, -0.05) is 6.92 Å². The molecule has 2 rings (SSSR count). The Labute approximate surface area is 79.9 Å². The lowest BCUT2D eigenvalue weighted by atomic mass is 9.95. The van der Waals surface area contributed by atoms with Crippen LogP contribution in [0.15, 0.2) is 12.3 Å². The van der Waals surface area contributed by atoms with Gasteiger partial charge in [0.05, 0.1) is 0 Å². The Balaban J connectivity index is 2.34. The molecule has 0 spiro atoms. The summed E-state index contributed by atoms with van der Waals surface area (Å²) in [6.45, 7) is 7.99. The number of aromatic amines is 1. The SMILES string of the molecule is CCN1[C@H](C)c2cc[nH]c2C[C@@H]1C. The second kappa shape index (κ2) is 3.18. The molecule has 2 nitrogen and oxygen atoms in total. The molecular formula is C11H18N2. The Morgan fingerprint density at radius 3 is 3.00 bits per heavy atom. The van der Waals surface area contributed by atoms with Gasteiger partial charge in [-0.05, 0) is 32.0 Å². The number of hydrogen-bond donors (Lipinski definition) is 1. The van der Waals surface area contributed by atoms with Crippen molar-refractivity contribution < 1.29 is 0 Å². The standard InChI is InChI=1S/C11H18N2/c1-4-13-8(2)7-11-10(9(13)3)5-6-12-11/h5-6,8-9,12H,4,7H2,1-3H3/t8-,9+/m0/s1. The van der Waals surface area contributed by atoms with E-state index in [1.807, 2.05) is 0 Å².